The van der Waals surface area contributed by atoms with Crippen molar-refractivity contribution in [3.8, 4) is 0 Å². The average Bonchev–Trinajstić information content (AvgIpc) is 2.42. The molecule has 0 amide bonds. The van der Waals surface area contributed by atoms with E-state index in [4.69, 9.17) is 0 Å². The Labute approximate surface area is 106 Å². The minimum atomic E-state index is -0.624. The number of carbonyl (C=O) groups is 2. The number of aryl methyl sites for hydroxylation is 1. The Morgan fingerprint density at radius 2 is 1.44 bits per heavy atom. The molecule has 0 saturated heterocycles. The van der Waals surface area contributed by atoms with E-state index < -0.39 is 5.97 Å². The molecule has 0 saturated carbocycles. The highest BCUT2D eigenvalue weighted by atomic mass is 16.6. The summed E-state index contributed by atoms with van der Waals surface area (Å²) in [4.78, 5) is 20.5. The summed E-state index contributed by atoms with van der Waals surface area (Å²) >= 11 is 0. The molecule has 0 heterocycles. The topological polar surface area (TPSA) is 43.4 Å². The van der Waals surface area contributed by atoms with Crippen molar-refractivity contribution < 1.29 is 14.3 Å². The molecule has 2 aromatic rings. The Balaban J connectivity index is 0.000000199. The Bertz CT molecular complexity index is 478. The second-order valence-corrected chi connectivity index (χ2v) is 3.52. The van der Waals surface area contributed by atoms with E-state index in [-0.39, 0.29) is 6.47 Å². The summed E-state index contributed by atoms with van der Waals surface area (Å²) in [5.41, 5.74) is 1.70. The summed E-state index contributed by atoms with van der Waals surface area (Å²) in [5.74, 6) is -0.624. The normalized spacial score (nSPS) is 8.72. The van der Waals surface area contributed by atoms with Crippen LogP contribution in [0.3, 0.4) is 0 Å². The van der Waals surface area contributed by atoms with Gasteiger partial charge in [0.2, 0.25) is 0 Å². The van der Waals surface area contributed by atoms with Gasteiger partial charge in [0.05, 0.1) is 5.56 Å². The van der Waals surface area contributed by atoms with Crippen molar-refractivity contribution in [3.05, 3.63) is 71.8 Å². The van der Waals surface area contributed by atoms with Crippen LogP contribution in [0.25, 0.3) is 0 Å². The lowest BCUT2D eigenvalue weighted by Gasteiger charge is -1.94. The Morgan fingerprint density at radius 1 is 0.944 bits per heavy atom. The van der Waals surface area contributed by atoms with Crippen LogP contribution in [-0.4, -0.2) is 12.4 Å². The molecule has 3 heteroatoms. The van der Waals surface area contributed by atoms with Crippen LogP contribution in [-0.2, 0) is 9.53 Å². The smallest absolute Gasteiger partial charge is 0.345 e. The predicted molar refractivity (Wildman–Crippen MR) is 69.1 cm³/mol. The zero-order valence-corrected chi connectivity index (χ0v) is 10.1. The highest BCUT2D eigenvalue weighted by Crippen LogP contribution is 1.99. The number of esters is 1. The van der Waals surface area contributed by atoms with E-state index in [1.807, 2.05) is 18.2 Å². The lowest BCUT2D eigenvalue weighted by molar-refractivity contribution is -0.123. The molecule has 0 spiro atoms. The van der Waals surface area contributed by atoms with Crippen molar-refractivity contribution >= 4 is 12.4 Å². The van der Waals surface area contributed by atoms with E-state index in [9.17, 15) is 9.59 Å². The molecule has 0 unspecified atom stereocenters. The van der Waals surface area contributed by atoms with Crippen LogP contribution >= 0.6 is 0 Å². The lowest BCUT2D eigenvalue weighted by Crippen LogP contribution is -2.02. The molecular weight excluding hydrogens is 228 g/mol. The van der Waals surface area contributed by atoms with Gasteiger partial charge in [0.25, 0.3) is 0 Å². The van der Waals surface area contributed by atoms with Crippen LogP contribution in [0.2, 0.25) is 0 Å². The Morgan fingerprint density at radius 3 is 1.83 bits per heavy atom. The molecule has 0 bridgehead atoms. The molecular formula is C15H14O3. The second kappa shape index (κ2) is 7.79. The minimum Gasteiger partial charge on any atom is -0.392 e. The summed E-state index contributed by atoms with van der Waals surface area (Å²) in [6.07, 6.45) is 0. The Hall–Kier alpha value is -2.42. The number of carbonyl (C=O) groups excluding carboxylic acids is 2. The van der Waals surface area contributed by atoms with Crippen molar-refractivity contribution in [2.75, 3.05) is 0 Å². The van der Waals surface area contributed by atoms with Gasteiger partial charge in [-0.05, 0) is 19.1 Å². The summed E-state index contributed by atoms with van der Waals surface area (Å²) in [6.45, 7) is 2.20. The number of hydrogen-bond donors (Lipinski definition) is 0. The third-order valence-electron chi connectivity index (χ3n) is 2.11. The van der Waals surface area contributed by atoms with Crippen molar-refractivity contribution in [2.45, 2.75) is 6.92 Å². The number of rotatable bonds is 2. The van der Waals surface area contributed by atoms with Gasteiger partial charge in [-0.3, -0.25) is 4.79 Å². The van der Waals surface area contributed by atoms with Crippen LogP contribution in [0.15, 0.2) is 60.7 Å². The molecule has 92 valence electrons. The van der Waals surface area contributed by atoms with Crippen molar-refractivity contribution in [2.24, 2.45) is 0 Å². The molecule has 3 nitrogen and oxygen atoms in total. The van der Waals surface area contributed by atoms with Crippen LogP contribution in [0.1, 0.15) is 15.9 Å². The first kappa shape index (κ1) is 13.6. The number of benzene rings is 2. The largest absolute Gasteiger partial charge is 0.392 e. The molecule has 18 heavy (non-hydrogen) atoms. The van der Waals surface area contributed by atoms with Gasteiger partial charge < -0.3 is 4.74 Å². The third kappa shape index (κ3) is 5.07. The quantitative estimate of drug-likeness (QED) is 0.462. The first-order chi connectivity index (χ1) is 8.74. The van der Waals surface area contributed by atoms with E-state index in [1.165, 1.54) is 5.56 Å². The summed E-state index contributed by atoms with van der Waals surface area (Å²) in [7, 11) is 0. The summed E-state index contributed by atoms with van der Waals surface area (Å²) in [6, 6.07) is 18.6. The average molecular weight is 242 g/mol. The van der Waals surface area contributed by atoms with Crippen LogP contribution in [0.4, 0.5) is 0 Å². The van der Waals surface area contributed by atoms with Gasteiger partial charge in [-0.15, -0.1) is 0 Å². The fraction of sp³-hybridized carbons (Fsp3) is 0.0667. The molecule has 2 rings (SSSR count). The van der Waals surface area contributed by atoms with E-state index in [1.54, 1.807) is 30.3 Å². The minimum absolute atomic E-state index is 0.120. The van der Waals surface area contributed by atoms with Crippen LogP contribution < -0.4 is 0 Å². The van der Waals surface area contributed by atoms with Gasteiger partial charge in [-0.25, -0.2) is 4.79 Å². The molecule has 0 atom stereocenters. The molecule has 0 fully saturated rings. The van der Waals surface area contributed by atoms with Gasteiger partial charge in [0.1, 0.15) is 0 Å². The zero-order valence-electron chi connectivity index (χ0n) is 10.1. The zero-order chi connectivity index (χ0) is 13.2. The van der Waals surface area contributed by atoms with E-state index >= 15 is 0 Å². The van der Waals surface area contributed by atoms with Crippen molar-refractivity contribution in [1.29, 1.82) is 0 Å². The molecule has 0 aliphatic carbocycles. The SMILES string of the molecule is Cc1ccccc1.O=COC(=O)c1ccccc1. The molecule has 0 aromatic heterocycles. The molecule has 0 N–H and O–H groups in total. The third-order valence-corrected chi connectivity index (χ3v) is 2.11. The van der Waals surface area contributed by atoms with Crippen molar-refractivity contribution in [3.63, 3.8) is 0 Å². The predicted octanol–water partition coefficient (Wildman–Crippen LogP) is 2.99. The highest BCUT2D eigenvalue weighted by Gasteiger charge is 2.03. The second-order valence-electron chi connectivity index (χ2n) is 3.52. The molecule has 2 aromatic carbocycles. The number of hydrogen-bond acceptors (Lipinski definition) is 3. The van der Waals surface area contributed by atoms with Crippen LogP contribution in [0.5, 0.6) is 0 Å². The molecule has 0 aliphatic rings. The monoisotopic (exact) mass is 242 g/mol. The van der Waals surface area contributed by atoms with E-state index in [2.05, 4.69) is 23.8 Å². The van der Waals surface area contributed by atoms with Crippen molar-refractivity contribution in [1.82, 2.24) is 0 Å². The molecule has 0 aliphatic heterocycles. The number of ether oxygens (including phenoxy) is 1. The molecule has 0 radical (unpaired) electrons. The fourth-order valence-corrected chi connectivity index (χ4v) is 1.22. The van der Waals surface area contributed by atoms with Gasteiger partial charge in [0.15, 0.2) is 0 Å². The van der Waals surface area contributed by atoms with Gasteiger partial charge >= 0.3 is 12.4 Å². The van der Waals surface area contributed by atoms with E-state index in [0.717, 1.165) is 0 Å². The standard InChI is InChI=1S/C8H6O3.C7H8/c9-6-11-8(10)7-4-2-1-3-5-7;1-7-5-3-2-4-6-7/h1-6H;2-6H,1H3. The van der Waals surface area contributed by atoms with Gasteiger partial charge in [-0.1, -0.05) is 54.1 Å². The highest BCUT2D eigenvalue weighted by molar-refractivity contribution is 5.92. The fourth-order valence-electron chi connectivity index (χ4n) is 1.22. The lowest BCUT2D eigenvalue weighted by atomic mass is 10.2. The van der Waals surface area contributed by atoms with Gasteiger partial charge in [-0.2, -0.15) is 0 Å². The maximum absolute atomic E-state index is 10.8. The first-order valence-corrected chi connectivity index (χ1v) is 5.45. The maximum Gasteiger partial charge on any atom is 0.345 e. The summed E-state index contributed by atoms with van der Waals surface area (Å²) in [5, 5.41) is 0. The first-order valence-electron chi connectivity index (χ1n) is 5.45. The van der Waals surface area contributed by atoms with Gasteiger partial charge in [0, 0.05) is 0 Å². The maximum atomic E-state index is 10.8. The summed E-state index contributed by atoms with van der Waals surface area (Å²) < 4.78 is 4.11. The van der Waals surface area contributed by atoms with E-state index in [0.29, 0.717) is 5.56 Å². The Kier molecular flexibility index (Phi) is 5.90. The van der Waals surface area contributed by atoms with Crippen LogP contribution in [0, 0.1) is 6.92 Å².